The minimum absolute atomic E-state index is 0.0949. The predicted molar refractivity (Wildman–Crippen MR) is 134 cm³/mol. The van der Waals surface area contributed by atoms with E-state index in [9.17, 15) is 9.59 Å². The van der Waals surface area contributed by atoms with Crippen LogP contribution in [0.3, 0.4) is 0 Å². The highest BCUT2D eigenvalue weighted by atomic mass is 32.2. The monoisotopic (exact) mass is 481 g/mol. The molecular weight excluding hydrogens is 450 g/mol. The SMILES string of the molecule is CCOc1ccc(NC(=O)CSc2nnc([C@H](NC(=O)c3cccc(C)c3)C(C)C)n2C)cc1. The van der Waals surface area contributed by atoms with Crippen LogP contribution in [0.1, 0.15) is 48.6 Å². The fourth-order valence-electron chi connectivity index (χ4n) is 3.39. The van der Waals surface area contributed by atoms with Gasteiger partial charge in [-0.05, 0) is 56.2 Å². The van der Waals surface area contributed by atoms with Crippen molar-refractivity contribution in [1.29, 1.82) is 0 Å². The molecule has 0 spiro atoms. The van der Waals surface area contributed by atoms with Crippen LogP contribution < -0.4 is 15.4 Å². The summed E-state index contributed by atoms with van der Waals surface area (Å²) >= 11 is 1.29. The molecule has 3 aromatic rings. The van der Waals surface area contributed by atoms with E-state index < -0.39 is 0 Å². The van der Waals surface area contributed by atoms with Gasteiger partial charge in [0.05, 0.1) is 18.4 Å². The summed E-state index contributed by atoms with van der Waals surface area (Å²) in [5, 5.41) is 15.1. The quantitative estimate of drug-likeness (QED) is 0.417. The second kappa shape index (κ2) is 11.7. The van der Waals surface area contributed by atoms with Gasteiger partial charge in [-0.1, -0.05) is 43.3 Å². The van der Waals surface area contributed by atoms with E-state index in [2.05, 4.69) is 20.8 Å². The molecule has 0 aliphatic carbocycles. The van der Waals surface area contributed by atoms with Crippen molar-refractivity contribution in [2.75, 3.05) is 17.7 Å². The molecule has 0 saturated carbocycles. The molecule has 3 rings (SSSR count). The third-order valence-corrected chi connectivity index (χ3v) is 6.18. The molecule has 0 radical (unpaired) electrons. The number of benzene rings is 2. The Kier molecular flexibility index (Phi) is 8.70. The third-order valence-electron chi connectivity index (χ3n) is 5.16. The Hall–Kier alpha value is -3.33. The van der Waals surface area contributed by atoms with Gasteiger partial charge >= 0.3 is 0 Å². The number of rotatable bonds is 10. The number of carbonyl (C=O) groups is 2. The molecule has 0 aliphatic rings. The first-order valence-corrected chi connectivity index (χ1v) is 12.2. The summed E-state index contributed by atoms with van der Waals surface area (Å²) in [5.41, 5.74) is 2.33. The second-order valence-corrected chi connectivity index (χ2v) is 9.20. The molecule has 9 heteroatoms. The topological polar surface area (TPSA) is 98.1 Å². The maximum absolute atomic E-state index is 12.8. The number of hydrogen-bond acceptors (Lipinski definition) is 6. The van der Waals surface area contributed by atoms with Crippen molar-refractivity contribution < 1.29 is 14.3 Å². The van der Waals surface area contributed by atoms with E-state index in [0.29, 0.717) is 28.8 Å². The summed E-state index contributed by atoms with van der Waals surface area (Å²) in [4.78, 5) is 25.2. The lowest BCUT2D eigenvalue weighted by atomic mass is 10.0. The van der Waals surface area contributed by atoms with Crippen molar-refractivity contribution in [3.63, 3.8) is 0 Å². The Bertz CT molecular complexity index is 1130. The molecule has 8 nitrogen and oxygen atoms in total. The first-order valence-electron chi connectivity index (χ1n) is 11.2. The highest BCUT2D eigenvalue weighted by Gasteiger charge is 2.25. The molecule has 1 heterocycles. The molecule has 0 aliphatic heterocycles. The number of aromatic nitrogens is 3. The van der Waals surface area contributed by atoms with Crippen molar-refractivity contribution in [3.05, 3.63) is 65.5 Å². The van der Waals surface area contributed by atoms with Gasteiger partial charge in [-0.2, -0.15) is 0 Å². The van der Waals surface area contributed by atoms with Gasteiger partial charge in [0.15, 0.2) is 11.0 Å². The zero-order valence-electron chi connectivity index (χ0n) is 20.2. The van der Waals surface area contributed by atoms with Crippen molar-refractivity contribution in [2.24, 2.45) is 13.0 Å². The van der Waals surface area contributed by atoms with E-state index in [1.165, 1.54) is 11.8 Å². The lowest BCUT2D eigenvalue weighted by Crippen LogP contribution is -2.33. The number of anilines is 1. The maximum Gasteiger partial charge on any atom is 0.251 e. The van der Waals surface area contributed by atoms with Gasteiger partial charge in [-0.15, -0.1) is 10.2 Å². The molecule has 1 aromatic heterocycles. The fraction of sp³-hybridized carbons (Fsp3) is 0.360. The smallest absolute Gasteiger partial charge is 0.251 e. The number of carbonyl (C=O) groups excluding carboxylic acids is 2. The van der Waals surface area contributed by atoms with Gasteiger partial charge in [0.25, 0.3) is 5.91 Å². The van der Waals surface area contributed by atoms with Crippen LogP contribution in [0.5, 0.6) is 5.75 Å². The number of amides is 2. The van der Waals surface area contributed by atoms with E-state index in [-0.39, 0.29) is 29.5 Å². The minimum Gasteiger partial charge on any atom is -0.494 e. The third kappa shape index (κ3) is 6.60. The zero-order chi connectivity index (χ0) is 24.7. The molecule has 0 bridgehead atoms. The highest BCUT2D eigenvalue weighted by Crippen LogP contribution is 2.25. The number of thioether (sulfide) groups is 1. The molecule has 2 amide bonds. The average Bonchev–Trinajstić information content (AvgIpc) is 3.17. The van der Waals surface area contributed by atoms with Gasteiger partial charge < -0.3 is 19.9 Å². The highest BCUT2D eigenvalue weighted by molar-refractivity contribution is 7.99. The van der Waals surface area contributed by atoms with Crippen molar-refractivity contribution in [2.45, 2.75) is 38.9 Å². The summed E-state index contributed by atoms with van der Waals surface area (Å²) in [6, 6.07) is 14.4. The summed E-state index contributed by atoms with van der Waals surface area (Å²) in [6.07, 6.45) is 0. The Morgan fingerprint density at radius 3 is 2.50 bits per heavy atom. The first kappa shape index (κ1) is 25.3. The fourth-order valence-corrected chi connectivity index (χ4v) is 4.11. The lowest BCUT2D eigenvalue weighted by Gasteiger charge is -2.21. The Morgan fingerprint density at radius 2 is 1.85 bits per heavy atom. The summed E-state index contributed by atoms with van der Waals surface area (Å²) in [6.45, 7) is 8.51. The molecule has 2 N–H and O–H groups in total. The molecule has 180 valence electrons. The number of nitrogens with one attached hydrogen (secondary N) is 2. The number of hydrogen-bond donors (Lipinski definition) is 2. The number of aryl methyl sites for hydroxylation is 1. The van der Waals surface area contributed by atoms with Crippen LogP contribution in [-0.4, -0.2) is 38.9 Å². The summed E-state index contributed by atoms with van der Waals surface area (Å²) < 4.78 is 7.25. The Balaban J connectivity index is 1.62. The van der Waals surface area contributed by atoms with Crippen LogP contribution in [0, 0.1) is 12.8 Å². The number of nitrogens with zero attached hydrogens (tertiary/aromatic N) is 3. The maximum atomic E-state index is 12.8. The first-order chi connectivity index (χ1) is 16.3. The van der Waals surface area contributed by atoms with Gasteiger partial charge in [0.1, 0.15) is 5.75 Å². The van der Waals surface area contributed by atoms with Crippen LogP contribution in [0.15, 0.2) is 53.7 Å². The molecule has 34 heavy (non-hydrogen) atoms. The minimum atomic E-state index is -0.322. The van der Waals surface area contributed by atoms with Crippen LogP contribution >= 0.6 is 11.8 Å². The molecule has 0 saturated heterocycles. The summed E-state index contributed by atoms with van der Waals surface area (Å²) in [7, 11) is 1.84. The van der Waals surface area contributed by atoms with Gasteiger partial charge in [0.2, 0.25) is 5.91 Å². The predicted octanol–water partition coefficient (Wildman–Crippen LogP) is 4.38. The normalized spacial score (nSPS) is 11.8. The van der Waals surface area contributed by atoms with Gasteiger partial charge in [-0.25, -0.2) is 0 Å². The van der Waals surface area contributed by atoms with Gasteiger partial charge in [0, 0.05) is 18.3 Å². The van der Waals surface area contributed by atoms with Crippen molar-refractivity contribution in [3.8, 4) is 5.75 Å². The van der Waals surface area contributed by atoms with Gasteiger partial charge in [-0.3, -0.25) is 9.59 Å². The average molecular weight is 482 g/mol. The van der Waals surface area contributed by atoms with Crippen molar-refractivity contribution in [1.82, 2.24) is 20.1 Å². The van der Waals surface area contributed by atoms with Crippen LogP contribution in [0.4, 0.5) is 5.69 Å². The lowest BCUT2D eigenvalue weighted by molar-refractivity contribution is -0.113. The second-order valence-electron chi connectivity index (χ2n) is 8.26. The van der Waals surface area contributed by atoms with Crippen LogP contribution in [0.2, 0.25) is 0 Å². The van der Waals surface area contributed by atoms with E-state index in [1.807, 2.05) is 69.6 Å². The molecule has 1 atom stereocenters. The largest absolute Gasteiger partial charge is 0.494 e. The molecule has 0 unspecified atom stereocenters. The Labute approximate surface area is 204 Å². The van der Waals surface area contributed by atoms with E-state index >= 15 is 0 Å². The Morgan fingerprint density at radius 1 is 1.12 bits per heavy atom. The van der Waals surface area contributed by atoms with Crippen molar-refractivity contribution >= 4 is 29.3 Å². The van der Waals surface area contributed by atoms with Crippen LogP contribution in [-0.2, 0) is 11.8 Å². The van der Waals surface area contributed by atoms with Crippen LogP contribution in [0.25, 0.3) is 0 Å². The number of ether oxygens (including phenoxy) is 1. The molecule has 0 fully saturated rings. The molecular formula is C25H31N5O3S. The standard InChI is InChI=1S/C25H31N5O3S/c1-6-33-20-12-10-19(11-13-20)26-21(31)15-34-25-29-28-23(30(25)5)22(16(2)3)27-24(32)18-9-7-8-17(4)14-18/h7-14,16,22H,6,15H2,1-5H3,(H,26,31)(H,27,32)/t22-/m1/s1. The van der Waals surface area contributed by atoms with E-state index in [4.69, 9.17) is 4.74 Å². The van der Waals surface area contributed by atoms with E-state index in [0.717, 1.165) is 11.3 Å². The summed E-state index contributed by atoms with van der Waals surface area (Å²) in [5.74, 6) is 1.38. The molecule has 2 aromatic carbocycles. The zero-order valence-corrected chi connectivity index (χ0v) is 21.0. The van der Waals surface area contributed by atoms with E-state index in [1.54, 1.807) is 18.2 Å².